The molecule has 88 valence electrons. The lowest BCUT2D eigenvalue weighted by atomic mass is 10.1. The van der Waals surface area contributed by atoms with Crippen LogP contribution in [-0.4, -0.2) is 4.98 Å². The summed E-state index contributed by atoms with van der Waals surface area (Å²) in [7, 11) is 0. The average Bonchev–Trinajstić information content (AvgIpc) is 2.27. The zero-order valence-corrected chi connectivity index (χ0v) is 10.4. The normalized spacial score (nSPS) is 10.6. The van der Waals surface area contributed by atoms with Crippen molar-refractivity contribution in [1.82, 2.24) is 4.98 Å². The van der Waals surface area contributed by atoms with E-state index in [2.05, 4.69) is 4.98 Å². The quantitative estimate of drug-likeness (QED) is 0.533. The Balaban J connectivity index is 2.64. The molecule has 2 rings (SSSR count). The van der Waals surface area contributed by atoms with Crippen LogP contribution in [0.2, 0.25) is 15.1 Å². The molecule has 0 bridgehead atoms. The van der Waals surface area contributed by atoms with Gasteiger partial charge in [0.2, 0.25) is 5.95 Å². The first-order valence-corrected chi connectivity index (χ1v) is 5.58. The van der Waals surface area contributed by atoms with Gasteiger partial charge in [0, 0.05) is 22.3 Å². The molecule has 0 saturated heterocycles. The molecule has 0 aliphatic rings. The highest BCUT2D eigenvalue weighted by molar-refractivity contribution is 6.45. The minimum atomic E-state index is -1.17. The van der Waals surface area contributed by atoms with Gasteiger partial charge in [-0.05, 0) is 18.2 Å². The molecule has 0 amide bonds. The Hall–Kier alpha value is -0.900. The molecule has 1 nitrogen and oxygen atoms in total. The SMILES string of the molecule is Fc1cc(-c2cc(Cl)cc(Cl)c2Cl)cnc1F. The lowest BCUT2D eigenvalue weighted by Gasteiger charge is -2.07. The van der Waals surface area contributed by atoms with E-state index in [1.165, 1.54) is 12.1 Å². The Morgan fingerprint density at radius 1 is 1.00 bits per heavy atom. The predicted molar refractivity (Wildman–Crippen MR) is 64.6 cm³/mol. The molecule has 0 N–H and O–H groups in total. The van der Waals surface area contributed by atoms with Crippen LogP contribution in [0.4, 0.5) is 8.78 Å². The van der Waals surface area contributed by atoms with Crippen LogP contribution in [0.15, 0.2) is 24.4 Å². The molecule has 0 spiro atoms. The Bertz CT molecular complexity index is 587. The zero-order chi connectivity index (χ0) is 12.6. The third-order valence-corrected chi connectivity index (χ3v) is 3.12. The van der Waals surface area contributed by atoms with Crippen molar-refractivity contribution in [2.24, 2.45) is 0 Å². The molecule has 0 aliphatic heterocycles. The number of aromatic nitrogens is 1. The molecule has 0 aliphatic carbocycles. The number of hydrogen-bond acceptors (Lipinski definition) is 1. The van der Waals surface area contributed by atoms with E-state index in [0.29, 0.717) is 16.1 Å². The highest BCUT2D eigenvalue weighted by Crippen LogP contribution is 2.36. The summed E-state index contributed by atoms with van der Waals surface area (Å²) in [6, 6.07) is 3.95. The van der Waals surface area contributed by atoms with E-state index in [4.69, 9.17) is 34.8 Å². The van der Waals surface area contributed by atoms with Crippen molar-refractivity contribution in [3.8, 4) is 11.1 Å². The number of halogens is 5. The third-order valence-electron chi connectivity index (χ3n) is 2.10. The monoisotopic (exact) mass is 293 g/mol. The third kappa shape index (κ3) is 2.51. The van der Waals surface area contributed by atoms with E-state index in [0.717, 1.165) is 12.3 Å². The van der Waals surface area contributed by atoms with E-state index >= 15 is 0 Å². The van der Waals surface area contributed by atoms with Gasteiger partial charge in [0.25, 0.3) is 0 Å². The first kappa shape index (κ1) is 12.6. The Morgan fingerprint density at radius 2 is 1.71 bits per heavy atom. The molecule has 2 aromatic rings. The van der Waals surface area contributed by atoms with E-state index in [1.807, 2.05) is 0 Å². The molecule has 0 unspecified atom stereocenters. The smallest absolute Gasteiger partial charge is 0.225 e. The highest BCUT2D eigenvalue weighted by Gasteiger charge is 2.12. The maximum atomic E-state index is 13.1. The Labute approximate surface area is 111 Å². The molecule has 6 heteroatoms. The van der Waals surface area contributed by atoms with Crippen molar-refractivity contribution < 1.29 is 8.78 Å². The van der Waals surface area contributed by atoms with Gasteiger partial charge < -0.3 is 0 Å². The molecular weight excluding hydrogens is 290 g/mol. The van der Waals surface area contributed by atoms with Crippen molar-refractivity contribution in [3.63, 3.8) is 0 Å². The second kappa shape index (κ2) is 4.77. The fourth-order valence-corrected chi connectivity index (χ4v) is 2.05. The van der Waals surface area contributed by atoms with Crippen molar-refractivity contribution in [3.05, 3.63) is 51.2 Å². The molecule has 1 aromatic carbocycles. The minimum absolute atomic E-state index is 0.212. The van der Waals surface area contributed by atoms with Gasteiger partial charge in [-0.25, -0.2) is 9.37 Å². The second-order valence-corrected chi connectivity index (χ2v) is 4.47. The van der Waals surface area contributed by atoms with Crippen LogP contribution in [0, 0.1) is 11.8 Å². The van der Waals surface area contributed by atoms with Gasteiger partial charge in [-0.3, -0.25) is 0 Å². The van der Waals surface area contributed by atoms with Crippen molar-refractivity contribution in [1.29, 1.82) is 0 Å². The van der Waals surface area contributed by atoms with Gasteiger partial charge in [-0.2, -0.15) is 4.39 Å². The predicted octanol–water partition coefficient (Wildman–Crippen LogP) is 4.99. The van der Waals surface area contributed by atoms with Gasteiger partial charge in [0.1, 0.15) is 0 Å². The second-order valence-electron chi connectivity index (χ2n) is 3.25. The van der Waals surface area contributed by atoms with Gasteiger partial charge in [0.05, 0.1) is 10.0 Å². The van der Waals surface area contributed by atoms with Gasteiger partial charge in [-0.15, -0.1) is 0 Å². The summed E-state index contributed by atoms with van der Waals surface area (Å²) in [4.78, 5) is 3.27. The molecular formula is C11H4Cl3F2N. The van der Waals surface area contributed by atoms with Crippen LogP contribution < -0.4 is 0 Å². The summed E-state index contributed by atoms with van der Waals surface area (Å²) < 4.78 is 25.8. The first-order chi connectivity index (χ1) is 7.99. The summed E-state index contributed by atoms with van der Waals surface area (Å²) in [5.41, 5.74) is 0.703. The van der Waals surface area contributed by atoms with Crippen LogP contribution in [0.3, 0.4) is 0 Å². The van der Waals surface area contributed by atoms with Gasteiger partial charge >= 0.3 is 0 Å². The van der Waals surface area contributed by atoms with E-state index in [1.54, 1.807) is 0 Å². The zero-order valence-electron chi connectivity index (χ0n) is 8.15. The van der Waals surface area contributed by atoms with Crippen molar-refractivity contribution in [2.45, 2.75) is 0 Å². The van der Waals surface area contributed by atoms with Crippen LogP contribution in [0.25, 0.3) is 11.1 Å². The number of pyridine rings is 1. The molecule has 1 heterocycles. The van der Waals surface area contributed by atoms with E-state index in [-0.39, 0.29) is 10.0 Å². The van der Waals surface area contributed by atoms with E-state index in [9.17, 15) is 8.78 Å². The lowest BCUT2D eigenvalue weighted by molar-refractivity contribution is 0.480. The number of benzene rings is 1. The van der Waals surface area contributed by atoms with Crippen molar-refractivity contribution in [2.75, 3.05) is 0 Å². The van der Waals surface area contributed by atoms with Crippen LogP contribution in [0.5, 0.6) is 0 Å². The number of hydrogen-bond donors (Lipinski definition) is 0. The molecule has 1 aromatic heterocycles. The standard InChI is InChI=1S/C11H4Cl3F2N/c12-6-2-7(10(14)8(13)3-6)5-1-9(15)11(16)17-4-5/h1-4H. The maximum Gasteiger partial charge on any atom is 0.248 e. The number of nitrogens with zero attached hydrogens (tertiary/aromatic N) is 1. The summed E-state index contributed by atoms with van der Waals surface area (Å²) in [5, 5.41) is 0.793. The fraction of sp³-hybridized carbons (Fsp3) is 0. The molecule has 0 saturated carbocycles. The first-order valence-electron chi connectivity index (χ1n) is 4.45. The summed E-state index contributed by atoms with van der Waals surface area (Å²) >= 11 is 17.6. The van der Waals surface area contributed by atoms with Crippen LogP contribution in [0.1, 0.15) is 0 Å². The Kier molecular flexibility index (Phi) is 3.52. The summed E-state index contributed by atoms with van der Waals surface area (Å²) in [6.07, 6.45) is 1.16. The molecule has 17 heavy (non-hydrogen) atoms. The lowest BCUT2D eigenvalue weighted by Crippen LogP contribution is -1.91. The molecule has 0 radical (unpaired) electrons. The van der Waals surface area contributed by atoms with Gasteiger partial charge in [-0.1, -0.05) is 34.8 Å². The fourth-order valence-electron chi connectivity index (χ4n) is 1.33. The number of rotatable bonds is 1. The van der Waals surface area contributed by atoms with Crippen LogP contribution in [-0.2, 0) is 0 Å². The maximum absolute atomic E-state index is 13.1. The summed E-state index contributed by atoms with van der Waals surface area (Å²) in [6.45, 7) is 0. The summed E-state index contributed by atoms with van der Waals surface area (Å²) in [5.74, 6) is -2.23. The Morgan fingerprint density at radius 3 is 2.35 bits per heavy atom. The largest absolute Gasteiger partial charge is 0.248 e. The molecule has 0 atom stereocenters. The van der Waals surface area contributed by atoms with E-state index < -0.39 is 11.8 Å². The highest BCUT2D eigenvalue weighted by atomic mass is 35.5. The minimum Gasteiger partial charge on any atom is -0.225 e. The van der Waals surface area contributed by atoms with Gasteiger partial charge in [0.15, 0.2) is 5.82 Å². The molecule has 0 fully saturated rings. The average molecular weight is 295 g/mol. The topological polar surface area (TPSA) is 12.9 Å². The van der Waals surface area contributed by atoms with Crippen molar-refractivity contribution >= 4 is 34.8 Å². The van der Waals surface area contributed by atoms with Crippen LogP contribution >= 0.6 is 34.8 Å².